The quantitative estimate of drug-likeness (QED) is 0.738. The van der Waals surface area contributed by atoms with E-state index in [0.29, 0.717) is 6.42 Å². The van der Waals surface area contributed by atoms with Crippen LogP contribution >= 0.6 is 0 Å². The minimum absolute atomic E-state index is 0.0393. The maximum Gasteiger partial charge on any atom is 0.224 e. The van der Waals surface area contributed by atoms with E-state index >= 15 is 0 Å². The number of anilines is 1. The molecule has 0 aromatic heterocycles. The van der Waals surface area contributed by atoms with Crippen molar-refractivity contribution in [2.75, 3.05) is 5.32 Å². The molecule has 3 nitrogen and oxygen atoms in total. The van der Waals surface area contributed by atoms with Crippen LogP contribution in [0.15, 0.2) is 12.1 Å². The topological polar surface area (TPSA) is 49.3 Å². The number of phenols is 1. The molecule has 1 heterocycles. The lowest BCUT2D eigenvalue weighted by atomic mass is 10.0. The van der Waals surface area contributed by atoms with E-state index in [1.165, 1.54) is 0 Å². The first-order valence-electron chi connectivity index (χ1n) is 5.35. The summed E-state index contributed by atoms with van der Waals surface area (Å²) in [7, 11) is 0. The molecule has 3 heteroatoms. The molecule has 2 rings (SSSR count). The smallest absolute Gasteiger partial charge is 0.224 e. The van der Waals surface area contributed by atoms with Crippen LogP contribution in [0.5, 0.6) is 5.75 Å². The molecule has 0 radical (unpaired) electrons. The first-order chi connectivity index (χ1) is 7.20. The van der Waals surface area contributed by atoms with Crippen LogP contribution in [0.2, 0.25) is 0 Å². The number of phenolic OH excluding ortho intramolecular Hbond substituents is 1. The molecule has 0 atom stereocenters. The highest BCUT2D eigenvalue weighted by molar-refractivity contribution is 5.92. The predicted molar refractivity (Wildman–Crippen MR) is 59.1 cm³/mol. The molecule has 0 bridgehead atoms. The Balaban J connectivity index is 2.44. The average Bonchev–Trinajstić information content (AvgIpc) is 2.37. The molecule has 0 fully saturated rings. The zero-order valence-corrected chi connectivity index (χ0v) is 8.84. The van der Waals surface area contributed by atoms with Gasteiger partial charge in [-0.3, -0.25) is 4.79 Å². The van der Waals surface area contributed by atoms with Gasteiger partial charge in [0.15, 0.2) is 0 Å². The number of aryl methyl sites for hydroxylation is 2. The number of hydrogen-bond donors (Lipinski definition) is 2. The van der Waals surface area contributed by atoms with Gasteiger partial charge in [0, 0.05) is 18.2 Å². The SMILES string of the molecule is CCc1cc2c(cc1O)NC(=O)CCC2. The van der Waals surface area contributed by atoms with Gasteiger partial charge in [-0.15, -0.1) is 0 Å². The molecule has 15 heavy (non-hydrogen) atoms. The molecule has 0 saturated heterocycles. The second-order valence-corrected chi connectivity index (χ2v) is 3.89. The van der Waals surface area contributed by atoms with Crippen LogP contribution in [0.3, 0.4) is 0 Å². The van der Waals surface area contributed by atoms with Gasteiger partial charge in [-0.05, 0) is 30.4 Å². The van der Waals surface area contributed by atoms with Crippen LogP contribution in [-0.2, 0) is 17.6 Å². The van der Waals surface area contributed by atoms with E-state index in [1.807, 2.05) is 13.0 Å². The fourth-order valence-corrected chi connectivity index (χ4v) is 1.94. The fourth-order valence-electron chi connectivity index (χ4n) is 1.94. The summed E-state index contributed by atoms with van der Waals surface area (Å²) >= 11 is 0. The number of aromatic hydroxyl groups is 1. The Kier molecular flexibility index (Phi) is 2.62. The third-order valence-electron chi connectivity index (χ3n) is 2.81. The number of nitrogens with one attached hydrogen (secondary N) is 1. The summed E-state index contributed by atoms with van der Waals surface area (Å²) in [5, 5.41) is 12.5. The van der Waals surface area contributed by atoms with Crippen molar-refractivity contribution in [2.24, 2.45) is 0 Å². The van der Waals surface area contributed by atoms with Gasteiger partial charge in [0.05, 0.1) is 0 Å². The number of hydrogen-bond acceptors (Lipinski definition) is 2. The Bertz CT molecular complexity index is 399. The van der Waals surface area contributed by atoms with E-state index < -0.39 is 0 Å². The van der Waals surface area contributed by atoms with Crippen molar-refractivity contribution >= 4 is 11.6 Å². The largest absolute Gasteiger partial charge is 0.508 e. The molecule has 2 N–H and O–H groups in total. The monoisotopic (exact) mass is 205 g/mol. The standard InChI is InChI=1S/C12H15NO2/c1-2-8-6-9-4-3-5-12(15)13-10(9)7-11(8)14/h6-7,14H,2-5H2,1H3,(H,13,15). The van der Waals surface area contributed by atoms with Crippen molar-refractivity contribution in [1.82, 2.24) is 0 Å². The zero-order chi connectivity index (χ0) is 10.8. The van der Waals surface area contributed by atoms with E-state index in [-0.39, 0.29) is 11.7 Å². The summed E-state index contributed by atoms with van der Waals surface area (Å²) in [6.45, 7) is 2.01. The minimum atomic E-state index is 0.0393. The molecule has 1 aliphatic heterocycles. The highest BCUT2D eigenvalue weighted by atomic mass is 16.3. The van der Waals surface area contributed by atoms with Gasteiger partial charge in [-0.1, -0.05) is 13.0 Å². The Hall–Kier alpha value is -1.51. The summed E-state index contributed by atoms with van der Waals surface area (Å²) in [4.78, 5) is 11.3. The molecule has 1 aromatic rings. The summed E-state index contributed by atoms with van der Waals surface area (Å²) < 4.78 is 0. The predicted octanol–water partition coefficient (Wildman–Crippen LogP) is 2.23. The van der Waals surface area contributed by atoms with E-state index in [9.17, 15) is 9.90 Å². The summed E-state index contributed by atoms with van der Waals surface area (Å²) in [6.07, 6.45) is 3.16. The van der Waals surface area contributed by atoms with Crippen LogP contribution in [0.4, 0.5) is 5.69 Å². The average molecular weight is 205 g/mol. The number of benzene rings is 1. The molecule has 0 saturated carbocycles. The Morgan fingerprint density at radius 2 is 2.20 bits per heavy atom. The third-order valence-corrected chi connectivity index (χ3v) is 2.81. The summed E-state index contributed by atoms with van der Waals surface area (Å²) in [5.41, 5.74) is 2.85. The summed E-state index contributed by atoms with van der Waals surface area (Å²) in [5.74, 6) is 0.316. The molecule has 1 aliphatic rings. The Morgan fingerprint density at radius 3 is 2.93 bits per heavy atom. The van der Waals surface area contributed by atoms with E-state index in [4.69, 9.17) is 0 Å². The van der Waals surface area contributed by atoms with Crippen LogP contribution in [0, 0.1) is 0 Å². The van der Waals surface area contributed by atoms with E-state index in [2.05, 4.69) is 5.32 Å². The van der Waals surface area contributed by atoms with Gasteiger partial charge >= 0.3 is 0 Å². The summed E-state index contributed by atoms with van der Waals surface area (Å²) in [6, 6.07) is 3.66. The third kappa shape index (κ3) is 1.96. The zero-order valence-electron chi connectivity index (χ0n) is 8.84. The molecule has 0 aliphatic carbocycles. The molecule has 1 aromatic carbocycles. The van der Waals surface area contributed by atoms with Crippen LogP contribution in [0.1, 0.15) is 30.9 Å². The second-order valence-electron chi connectivity index (χ2n) is 3.89. The number of fused-ring (bicyclic) bond motifs is 1. The maximum atomic E-state index is 11.3. The number of amides is 1. The maximum absolute atomic E-state index is 11.3. The van der Waals surface area contributed by atoms with Gasteiger partial charge in [0.25, 0.3) is 0 Å². The van der Waals surface area contributed by atoms with Crippen LogP contribution in [-0.4, -0.2) is 11.0 Å². The van der Waals surface area contributed by atoms with Gasteiger partial charge in [-0.25, -0.2) is 0 Å². The number of rotatable bonds is 1. The van der Waals surface area contributed by atoms with Crippen molar-refractivity contribution in [3.8, 4) is 5.75 Å². The molecule has 0 unspecified atom stereocenters. The second kappa shape index (κ2) is 3.93. The van der Waals surface area contributed by atoms with Crippen molar-refractivity contribution < 1.29 is 9.90 Å². The van der Waals surface area contributed by atoms with E-state index in [0.717, 1.165) is 36.1 Å². The number of carbonyl (C=O) groups is 1. The molecule has 0 spiro atoms. The number of carbonyl (C=O) groups excluding carboxylic acids is 1. The van der Waals surface area contributed by atoms with Crippen molar-refractivity contribution in [3.63, 3.8) is 0 Å². The molecular weight excluding hydrogens is 190 g/mol. The van der Waals surface area contributed by atoms with E-state index in [1.54, 1.807) is 6.07 Å². The van der Waals surface area contributed by atoms with Gasteiger partial charge < -0.3 is 10.4 Å². The highest BCUT2D eigenvalue weighted by Crippen LogP contribution is 2.29. The lowest BCUT2D eigenvalue weighted by Gasteiger charge is -2.10. The van der Waals surface area contributed by atoms with Crippen LogP contribution < -0.4 is 5.32 Å². The lowest BCUT2D eigenvalue weighted by molar-refractivity contribution is -0.116. The Morgan fingerprint density at radius 1 is 1.40 bits per heavy atom. The first-order valence-corrected chi connectivity index (χ1v) is 5.35. The van der Waals surface area contributed by atoms with Crippen molar-refractivity contribution in [3.05, 3.63) is 23.3 Å². The highest BCUT2D eigenvalue weighted by Gasteiger charge is 2.14. The van der Waals surface area contributed by atoms with Crippen molar-refractivity contribution in [1.29, 1.82) is 0 Å². The van der Waals surface area contributed by atoms with Crippen LogP contribution in [0.25, 0.3) is 0 Å². The fraction of sp³-hybridized carbons (Fsp3) is 0.417. The molecular formula is C12H15NO2. The van der Waals surface area contributed by atoms with Gasteiger partial charge in [0.2, 0.25) is 5.91 Å². The van der Waals surface area contributed by atoms with Crippen molar-refractivity contribution in [2.45, 2.75) is 32.6 Å². The first kappa shape index (κ1) is 10.0. The minimum Gasteiger partial charge on any atom is -0.508 e. The molecule has 80 valence electrons. The molecule has 1 amide bonds. The van der Waals surface area contributed by atoms with Gasteiger partial charge in [-0.2, -0.15) is 0 Å². The lowest BCUT2D eigenvalue weighted by Crippen LogP contribution is -2.09. The normalized spacial score (nSPS) is 15.4. The Labute approximate surface area is 89.1 Å². The van der Waals surface area contributed by atoms with Gasteiger partial charge in [0.1, 0.15) is 5.75 Å².